The molecule has 0 aliphatic carbocycles. The number of sulfonamides is 1. The van der Waals surface area contributed by atoms with Gasteiger partial charge in [0.15, 0.2) is 4.98 Å². The minimum absolute atomic E-state index is 0.0472. The molecule has 2 aromatic rings. The van der Waals surface area contributed by atoms with Crippen molar-refractivity contribution in [3.05, 3.63) is 53.0 Å². The summed E-state index contributed by atoms with van der Waals surface area (Å²) in [6.45, 7) is 5.56. The SMILES string of the molecule is COc1cc([N+]#N)ccc1S(=O)(=O)Nc1ccc(CNC(=O)OC(C)(C)C)cc1. The second-order valence-corrected chi connectivity index (χ2v) is 8.74. The summed E-state index contributed by atoms with van der Waals surface area (Å²) in [5, 5.41) is 11.4. The molecule has 0 saturated heterocycles. The van der Waals surface area contributed by atoms with E-state index in [0.29, 0.717) is 5.69 Å². The summed E-state index contributed by atoms with van der Waals surface area (Å²) in [6, 6.07) is 10.5. The molecule has 0 spiro atoms. The Kier molecular flexibility index (Phi) is 6.66. The molecule has 1 amide bonds. The Morgan fingerprint density at radius 3 is 2.34 bits per heavy atom. The molecule has 0 unspecified atom stereocenters. The molecule has 0 aliphatic rings. The smallest absolute Gasteiger partial charge is 0.407 e. The first-order valence-corrected chi connectivity index (χ1v) is 10.1. The number of carbonyl (C=O) groups is 1. The van der Waals surface area contributed by atoms with Gasteiger partial charge >= 0.3 is 11.8 Å². The Labute approximate surface area is 169 Å². The van der Waals surface area contributed by atoms with Crippen LogP contribution in [-0.4, -0.2) is 27.2 Å². The summed E-state index contributed by atoms with van der Waals surface area (Å²) in [4.78, 5) is 14.6. The van der Waals surface area contributed by atoms with Gasteiger partial charge < -0.3 is 14.8 Å². The van der Waals surface area contributed by atoms with E-state index in [9.17, 15) is 13.2 Å². The molecule has 0 radical (unpaired) electrons. The zero-order valence-corrected chi connectivity index (χ0v) is 17.4. The summed E-state index contributed by atoms with van der Waals surface area (Å²) in [7, 11) is -2.61. The van der Waals surface area contributed by atoms with Crippen LogP contribution in [0.25, 0.3) is 4.98 Å². The predicted octanol–water partition coefficient (Wildman–Crippen LogP) is 4.01. The number of hydrogen-bond donors (Lipinski definition) is 2. The lowest BCUT2D eigenvalue weighted by atomic mass is 10.2. The van der Waals surface area contributed by atoms with E-state index < -0.39 is 21.7 Å². The number of ether oxygens (including phenoxy) is 2. The van der Waals surface area contributed by atoms with Gasteiger partial charge in [-0.2, -0.15) is 0 Å². The van der Waals surface area contributed by atoms with Gasteiger partial charge in [-0.3, -0.25) is 4.72 Å². The second kappa shape index (κ2) is 8.79. The molecule has 0 atom stereocenters. The van der Waals surface area contributed by atoms with E-state index >= 15 is 0 Å². The molecule has 0 heterocycles. The quantitative estimate of drug-likeness (QED) is 0.682. The number of nitrogens with one attached hydrogen (secondary N) is 2. The third-order valence-electron chi connectivity index (χ3n) is 3.59. The normalized spacial score (nSPS) is 11.3. The van der Waals surface area contributed by atoms with Crippen LogP contribution in [0.3, 0.4) is 0 Å². The maximum Gasteiger partial charge on any atom is 0.407 e. The van der Waals surface area contributed by atoms with Crippen molar-refractivity contribution >= 4 is 27.5 Å². The summed E-state index contributed by atoms with van der Waals surface area (Å²) >= 11 is 0. The number of benzene rings is 2. The van der Waals surface area contributed by atoms with Crippen molar-refractivity contribution in [1.29, 1.82) is 5.39 Å². The van der Waals surface area contributed by atoms with Gasteiger partial charge in [-0.15, -0.1) is 0 Å². The zero-order chi connectivity index (χ0) is 21.7. The maximum absolute atomic E-state index is 12.7. The lowest BCUT2D eigenvalue weighted by Crippen LogP contribution is -2.32. The molecule has 2 N–H and O–H groups in total. The van der Waals surface area contributed by atoms with E-state index in [-0.39, 0.29) is 22.9 Å². The van der Waals surface area contributed by atoms with Gasteiger partial charge in [0.1, 0.15) is 16.2 Å². The average molecular weight is 419 g/mol. The highest BCUT2D eigenvalue weighted by Gasteiger charge is 2.22. The van der Waals surface area contributed by atoms with Crippen LogP contribution in [-0.2, 0) is 21.3 Å². The zero-order valence-electron chi connectivity index (χ0n) is 16.6. The first-order valence-electron chi connectivity index (χ1n) is 8.66. The van der Waals surface area contributed by atoms with Gasteiger partial charge in [-0.05, 0) is 44.5 Å². The van der Waals surface area contributed by atoms with Crippen LogP contribution in [0.2, 0.25) is 0 Å². The number of amides is 1. The number of rotatable bonds is 6. The molecular weight excluding hydrogens is 396 g/mol. The monoisotopic (exact) mass is 419 g/mol. The Hall–Kier alpha value is -3.32. The number of anilines is 1. The number of hydrogen-bond acceptors (Lipinski definition) is 6. The van der Waals surface area contributed by atoms with Gasteiger partial charge in [0.2, 0.25) is 5.39 Å². The van der Waals surface area contributed by atoms with E-state index in [1.807, 2.05) is 0 Å². The van der Waals surface area contributed by atoms with Gasteiger partial charge in [0.05, 0.1) is 13.2 Å². The number of methoxy groups -OCH3 is 1. The largest absolute Gasteiger partial charge is 0.495 e. The van der Waals surface area contributed by atoms with Crippen LogP contribution in [0.4, 0.5) is 16.2 Å². The number of alkyl carbamates (subject to hydrolysis) is 1. The van der Waals surface area contributed by atoms with E-state index in [0.717, 1.165) is 5.56 Å². The fraction of sp³-hybridized carbons (Fsp3) is 0.316. The molecule has 0 fully saturated rings. The summed E-state index contributed by atoms with van der Waals surface area (Å²) in [6.07, 6.45) is -0.535. The Morgan fingerprint density at radius 1 is 1.14 bits per heavy atom. The third-order valence-corrected chi connectivity index (χ3v) is 5.01. The second-order valence-electron chi connectivity index (χ2n) is 7.09. The highest BCUT2D eigenvalue weighted by Crippen LogP contribution is 2.30. The van der Waals surface area contributed by atoms with Crippen LogP contribution < -0.4 is 14.8 Å². The van der Waals surface area contributed by atoms with E-state index in [2.05, 4.69) is 15.0 Å². The van der Waals surface area contributed by atoms with Gasteiger partial charge in [-0.25, -0.2) is 13.2 Å². The highest BCUT2D eigenvalue weighted by atomic mass is 32.2. The molecule has 0 aromatic heterocycles. The number of carbonyl (C=O) groups excluding carboxylic acids is 1. The summed E-state index contributed by atoms with van der Waals surface area (Å²) < 4.78 is 38.0. The van der Waals surface area contributed by atoms with Crippen molar-refractivity contribution in [2.75, 3.05) is 11.8 Å². The van der Waals surface area contributed by atoms with Gasteiger partial charge in [0.25, 0.3) is 10.0 Å². The van der Waals surface area contributed by atoms with Crippen molar-refractivity contribution in [3.63, 3.8) is 0 Å². The molecule has 0 saturated carbocycles. The van der Waals surface area contributed by atoms with E-state index in [1.54, 1.807) is 45.0 Å². The maximum atomic E-state index is 12.7. The van der Waals surface area contributed by atoms with Crippen molar-refractivity contribution < 1.29 is 22.7 Å². The van der Waals surface area contributed by atoms with Crippen molar-refractivity contribution in [1.82, 2.24) is 5.32 Å². The Bertz CT molecular complexity index is 1020. The predicted molar refractivity (Wildman–Crippen MR) is 108 cm³/mol. The van der Waals surface area contributed by atoms with Gasteiger partial charge in [-0.1, -0.05) is 12.1 Å². The van der Waals surface area contributed by atoms with Crippen molar-refractivity contribution in [3.8, 4) is 5.75 Å². The van der Waals surface area contributed by atoms with E-state index in [4.69, 9.17) is 14.9 Å². The molecule has 2 rings (SSSR count). The van der Waals surface area contributed by atoms with Crippen LogP contribution in [0.5, 0.6) is 5.75 Å². The molecule has 2 aromatic carbocycles. The highest BCUT2D eigenvalue weighted by molar-refractivity contribution is 7.92. The lowest BCUT2D eigenvalue weighted by molar-refractivity contribution is 0.0523. The van der Waals surface area contributed by atoms with Gasteiger partial charge in [0, 0.05) is 18.3 Å². The third kappa shape index (κ3) is 6.36. The molecule has 10 heteroatoms. The fourth-order valence-electron chi connectivity index (χ4n) is 2.33. The summed E-state index contributed by atoms with van der Waals surface area (Å²) in [5.74, 6) is 0.0472. The molecule has 29 heavy (non-hydrogen) atoms. The van der Waals surface area contributed by atoms with Crippen molar-refractivity contribution in [2.24, 2.45) is 0 Å². The van der Waals surface area contributed by atoms with Crippen molar-refractivity contribution in [2.45, 2.75) is 37.8 Å². The standard InChI is InChI=1S/C19H22N4O5S/c1-19(2,3)28-18(24)21-12-13-5-7-14(8-6-13)23-29(25,26)17-10-9-15(22-20)11-16(17)27-4/h5-11,23H,12H2,1-4H3/p+1. The lowest BCUT2D eigenvalue weighted by Gasteiger charge is -2.19. The topological polar surface area (TPSA) is 122 Å². The van der Waals surface area contributed by atoms with Crippen LogP contribution in [0, 0.1) is 5.39 Å². The van der Waals surface area contributed by atoms with Crippen LogP contribution in [0.1, 0.15) is 26.3 Å². The van der Waals surface area contributed by atoms with Crippen LogP contribution in [0.15, 0.2) is 47.4 Å². The molecular formula is C19H23N4O5S+. The summed E-state index contributed by atoms with van der Waals surface area (Å²) in [5.41, 5.74) is 0.688. The minimum Gasteiger partial charge on any atom is -0.495 e. The molecule has 9 nitrogen and oxygen atoms in total. The van der Waals surface area contributed by atoms with Crippen LogP contribution >= 0.6 is 0 Å². The number of diazo groups is 1. The minimum atomic E-state index is -3.93. The molecule has 154 valence electrons. The van der Waals surface area contributed by atoms with E-state index in [1.165, 1.54) is 25.3 Å². The number of nitrogens with zero attached hydrogens (tertiary/aromatic N) is 2. The first kappa shape index (κ1) is 22.0. The molecule has 0 bridgehead atoms. The Morgan fingerprint density at radius 2 is 1.79 bits per heavy atom. The molecule has 0 aliphatic heterocycles. The first-order chi connectivity index (χ1) is 13.5. The fourth-order valence-corrected chi connectivity index (χ4v) is 3.54. The Balaban J connectivity index is 2.07. The average Bonchev–Trinajstić information content (AvgIpc) is 2.65.